The fraction of sp³-hybridized carbons (Fsp3) is 0.583. The van der Waals surface area contributed by atoms with Gasteiger partial charge >= 0.3 is 6.09 Å². The minimum absolute atomic E-state index is 0.118. The van der Waals surface area contributed by atoms with E-state index in [-0.39, 0.29) is 24.1 Å². The van der Waals surface area contributed by atoms with Gasteiger partial charge in [-0.3, -0.25) is 4.79 Å². The SMILES string of the molecule is C=CCCCCCC(=O)C1CC2CCCC(C1)N2C(=O)OCc1ccccc1. The van der Waals surface area contributed by atoms with Crippen LogP contribution in [-0.2, 0) is 16.1 Å². The molecular formula is C24H33NO3. The average Bonchev–Trinajstić information content (AvgIpc) is 2.71. The molecule has 0 N–H and O–H groups in total. The number of allylic oxidation sites excluding steroid dienone is 1. The number of hydrogen-bond donors (Lipinski definition) is 0. The molecule has 2 unspecified atom stereocenters. The number of carbonyl (C=O) groups excluding carboxylic acids is 2. The summed E-state index contributed by atoms with van der Waals surface area (Å²) in [6.07, 6.45) is 11.3. The lowest BCUT2D eigenvalue weighted by atomic mass is 9.76. The largest absolute Gasteiger partial charge is 0.445 e. The van der Waals surface area contributed by atoms with Gasteiger partial charge in [0.2, 0.25) is 0 Å². The molecule has 2 heterocycles. The number of Topliss-reactive ketones (excluding diaryl/α,β-unsaturated/α-hetero) is 1. The Hall–Kier alpha value is -2.10. The molecule has 152 valence electrons. The van der Waals surface area contributed by atoms with Gasteiger partial charge in [0, 0.05) is 24.4 Å². The highest BCUT2D eigenvalue weighted by molar-refractivity contribution is 5.81. The van der Waals surface area contributed by atoms with Crippen LogP contribution in [0.1, 0.15) is 69.8 Å². The van der Waals surface area contributed by atoms with Gasteiger partial charge in [-0.25, -0.2) is 4.79 Å². The Labute approximate surface area is 168 Å². The summed E-state index contributed by atoms with van der Waals surface area (Å²) in [6, 6.07) is 10.1. The Kier molecular flexibility index (Phi) is 7.70. The van der Waals surface area contributed by atoms with Crippen molar-refractivity contribution in [3.05, 3.63) is 48.6 Å². The van der Waals surface area contributed by atoms with E-state index in [0.29, 0.717) is 18.8 Å². The Balaban J connectivity index is 1.50. The molecule has 4 nitrogen and oxygen atoms in total. The Morgan fingerprint density at radius 2 is 1.79 bits per heavy atom. The molecule has 1 aromatic rings. The first-order valence-electron chi connectivity index (χ1n) is 10.8. The average molecular weight is 384 g/mol. The van der Waals surface area contributed by atoms with Gasteiger partial charge in [-0.15, -0.1) is 6.58 Å². The zero-order valence-corrected chi connectivity index (χ0v) is 16.9. The van der Waals surface area contributed by atoms with Gasteiger partial charge < -0.3 is 9.64 Å². The molecule has 2 saturated heterocycles. The standard InChI is InChI=1S/C24H33NO3/c1-2-3-4-5-9-15-23(26)20-16-21-13-10-14-22(17-20)25(21)24(27)28-18-19-11-7-6-8-12-19/h2,6-8,11-12,20-22H,1,3-5,9-10,13-18H2. The molecule has 3 rings (SSSR count). The second-order valence-electron chi connectivity index (χ2n) is 8.21. The molecule has 0 aromatic heterocycles. The first kappa shape index (κ1) is 20.6. The maximum Gasteiger partial charge on any atom is 0.410 e. The zero-order valence-electron chi connectivity index (χ0n) is 16.9. The van der Waals surface area contributed by atoms with Crippen molar-refractivity contribution < 1.29 is 14.3 Å². The molecule has 0 radical (unpaired) electrons. The summed E-state index contributed by atoms with van der Waals surface area (Å²) >= 11 is 0. The number of nitrogens with zero attached hydrogens (tertiary/aromatic N) is 1. The number of rotatable bonds is 9. The minimum atomic E-state index is -0.214. The predicted octanol–water partition coefficient (Wildman–Crippen LogP) is 5.66. The Morgan fingerprint density at radius 1 is 1.07 bits per heavy atom. The van der Waals surface area contributed by atoms with E-state index in [1.807, 2.05) is 41.3 Å². The van der Waals surface area contributed by atoms with Crippen LogP contribution in [0.2, 0.25) is 0 Å². The lowest BCUT2D eigenvalue weighted by Gasteiger charge is -2.47. The second-order valence-corrected chi connectivity index (χ2v) is 8.21. The molecule has 1 amide bonds. The van der Waals surface area contributed by atoms with Crippen LogP contribution in [0, 0.1) is 5.92 Å². The van der Waals surface area contributed by atoms with E-state index in [1.165, 1.54) is 0 Å². The van der Waals surface area contributed by atoms with Crippen LogP contribution in [0.15, 0.2) is 43.0 Å². The molecule has 0 spiro atoms. The molecule has 2 atom stereocenters. The molecule has 2 bridgehead atoms. The van der Waals surface area contributed by atoms with Gasteiger partial charge in [-0.05, 0) is 56.9 Å². The van der Waals surface area contributed by atoms with Crippen LogP contribution in [0.3, 0.4) is 0 Å². The molecule has 1 aromatic carbocycles. The van der Waals surface area contributed by atoms with E-state index in [0.717, 1.165) is 63.4 Å². The van der Waals surface area contributed by atoms with E-state index in [1.54, 1.807) is 0 Å². The Bertz CT molecular complexity index is 643. The monoisotopic (exact) mass is 383 g/mol. The summed E-state index contributed by atoms with van der Waals surface area (Å²) < 4.78 is 5.60. The van der Waals surface area contributed by atoms with Crippen molar-refractivity contribution in [1.29, 1.82) is 0 Å². The van der Waals surface area contributed by atoms with E-state index in [2.05, 4.69) is 6.58 Å². The molecule has 2 aliphatic heterocycles. The van der Waals surface area contributed by atoms with Crippen molar-refractivity contribution in [2.24, 2.45) is 5.92 Å². The third-order valence-electron chi connectivity index (χ3n) is 6.18. The van der Waals surface area contributed by atoms with Crippen LogP contribution in [0.4, 0.5) is 4.79 Å². The highest BCUT2D eigenvalue weighted by Crippen LogP contribution is 2.38. The lowest BCUT2D eigenvalue weighted by Crippen LogP contribution is -2.55. The molecule has 2 aliphatic rings. The smallest absolute Gasteiger partial charge is 0.410 e. The maximum atomic E-state index is 12.7. The number of hydrogen-bond acceptors (Lipinski definition) is 3. The normalized spacial score (nSPS) is 23.9. The van der Waals surface area contributed by atoms with Crippen LogP contribution < -0.4 is 0 Å². The van der Waals surface area contributed by atoms with E-state index >= 15 is 0 Å². The summed E-state index contributed by atoms with van der Waals surface area (Å²) in [6.45, 7) is 4.05. The molecule has 0 aliphatic carbocycles. The second kappa shape index (κ2) is 10.4. The van der Waals surface area contributed by atoms with Crippen LogP contribution in [0.25, 0.3) is 0 Å². The number of amides is 1. The summed E-state index contributed by atoms with van der Waals surface area (Å²) in [7, 11) is 0. The Morgan fingerprint density at radius 3 is 2.46 bits per heavy atom. The van der Waals surface area contributed by atoms with Gasteiger partial charge in [0.25, 0.3) is 0 Å². The quantitative estimate of drug-likeness (QED) is 0.408. The molecule has 4 heteroatoms. The van der Waals surface area contributed by atoms with Crippen LogP contribution >= 0.6 is 0 Å². The maximum absolute atomic E-state index is 12.7. The van der Waals surface area contributed by atoms with Crippen molar-refractivity contribution in [2.45, 2.75) is 82.9 Å². The first-order valence-corrected chi connectivity index (χ1v) is 10.8. The predicted molar refractivity (Wildman–Crippen MR) is 111 cm³/mol. The molecule has 2 fully saturated rings. The van der Waals surface area contributed by atoms with Crippen LogP contribution in [0.5, 0.6) is 0 Å². The number of ketones is 1. The van der Waals surface area contributed by atoms with Crippen LogP contribution in [-0.4, -0.2) is 28.9 Å². The lowest BCUT2D eigenvalue weighted by molar-refractivity contribution is -0.126. The molecular weight excluding hydrogens is 350 g/mol. The summed E-state index contributed by atoms with van der Waals surface area (Å²) in [5, 5.41) is 0. The van der Waals surface area contributed by atoms with Crippen molar-refractivity contribution in [3.8, 4) is 0 Å². The third kappa shape index (κ3) is 5.46. The molecule has 28 heavy (non-hydrogen) atoms. The number of piperidine rings is 2. The minimum Gasteiger partial charge on any atom is -0.445 e. The van der Waals surface area contributed by atoms with Gasteiger partial charge in [-0.2, -0.15) is 0 Å². The van der Waals surface area contributed by atoms with Crippen molar-refractivity contribution in [3.63, 3.8) is 0 Å². The van der Waals surface area contributed by atoms with Gasteiger partial charge in [0.1, 0.15) is 12.4 Å². The topological polar surface area (TPSA) is 46.6 Å². The summed E-state index contributed by atoms with van der Waals surface area (Å²) in [4.78, 5) is 27.4. The zero-order chi connectivity index (χ0) is 19.8. The van der Waals surface area contributed by atoms with Crippen molar-refractivity contribution >= 4 is 11.9 Å². The number of benzene rings is 1. The van der Waals surface area contributed by atoms with Gasteiger partial charge in [0.05, 0.1) is 0 Å². The fourth-order valence-corrected chi connectivity index (χ4v) is 4.70. The molecule has 0 saturated carbocycles. The third-order valence-corrected chi connectivity index (χ3v) is 6.18. The van der Waals surface area contributed by atoms with Gasteiger partial charge in [0.15, 0.2) is 0 Å². The fourth-order valence-electron chi connectivity index (χ4n) is 4.70. The number of carbonyl (C=O) groups is 2. The van der Waals surface area contributed by atoms with E-state index in [9.17, 15) is 9.59 Å². The van der Waals surface area contributed by atoms with Gasteiger partial charge in [-0.1, -0.05) is 42.8 Å². The van der Waals surface area contributed by atoms with Crippen molar-refractivity contribution in [2.75, 3.05) is 0 Å². The first-order chi connectivity index (χ1) is 13.7. The number of ether oxygens (including phenoxy) is 1. The number of unbranched alkanes of at least 4 members (excludes halogenated alkanes) is 3. The van der Waals surface area contributed by atoms with E-state index < -0.39 is 0 Å². The van der Waals surface area contributed by atoms with Crippen molar-refractivity contribution in [1.82, 2.24) is 4.90 Å². The highest BCUT2D eigenvalue weighted by atomic mass is 16.6. The van der Waals surface area contributed by atoms with E-state index in [4.69, 9.17) is 4.74 Å². The number of fused-ring (bicyclic) bond motifs is 2. The summed E-state index contributed by atoms with van der Waals surface area (Å²) in [5.41, 5.74) is 1.00. The summed E-state index contributed by atoms with van der Waals surface area (Å²) in [5.74, 6) is 0.515. The highest BCUT2D eigenvalue weighted by Gasteiger charge is 2.43.